The Bertz CT molecular complexity index is 902. The van der Waals surface area contributed by atoms with Crippen LogP contribution in [0.15, 0.2) is 53.4 Å². The van der Waals surface area contributed by atoms with E-state index in [-0.39, 0.29) is 23.5 Å². The zero-order valence-electron chi connectivity index (χ0n) is 16.2. The maximum atomic E-state index is 13.2. The number of benzene rings is 2. The maximum absolute atomic E-state index is 13.2. The lowest BCUT2D eigenvalue weighted by atomic mass is 10.2. The number of carbonyl (C=O) groups excluding carboxylic acids is 1. The van der Waals surface area contributed by atoms with Crippen LogP contribution in [0, 0.1) is 13.8 Å². The molecule has 0 aliphatic carbocycles. The summed E-state index contributed by atoms with van der Waals surface area (Å²) in [6, 6.07) is 13.7. The summed E-state index contributed by atoms with van der Waals surface area (Å²) in [5, 5.41) is 2.80. The number of carbonyl (C=O) groups is 1. The minimum Gasteiger partial charge on any atom is -0.376 e. The molecule has 0 bridgehead atoms. The van der Waals surface area contributed by atoms with Crippen molar-refractivity contribution >= 4 is 21.6 Å². The fourth-order valence-corrected chi connectivity index (χ4v) is 4.50. The van der Waals surface area contributed by atoms with Gasteiger partial charge >= 0.3 is 0 Å². The normalized spacial score (nSPS) is 16.7. The average Bonchev–Trinajstić information content (AvgIpc) is 3.19. The van der Waals surface area contributed by atoms with Gasteiger partial charge in [0.1, 0.15) is 6.54 Å². The highest BCUT2D eigenvalue weighted by Gasteiger charge is 2.27. The number of hydrogen-bond acceptors (Lipinski definition) is 4. The largest absolute Gasteiger partial charge is 0.376 e. The number of anilines is 1. The van der Waals surface area contributed by atoms with Gasteiger partial charge in [0.2, 0.25) is 5.91 Å². The minimum absolute atomic E-state index is 0.00507. The van der Waals surface area contributed by atoms with Crippen molar-refractivity contribution in [1.82, 2.24) is 5.32 Å². The number of nitrogens with zero attached hydrogens (tertiary/aromatic N) is 1. The third-order valence-electron chi connectivity index (χ3n) is 4.77. The van der Waals surface area contributed by atoms with Gasteiger partial charge in [0.15, 0.2) is 0 Å². The van der Waals surface area contributed by atoms with E-state index in [2.05, 4.69) is 5.32 Å². The SMILES string of the molecule is Cc1ccc(N(CC(=O)NCC2CCCO2)S(=O)(=O)c2ccc(C)cc2)cc1. The smallest absolute Gasteiger partial charge is 0.264 e. The summed E-state index contributed by atoms with van der Waals surface area (Å²) in [4.78, 5) is 12.7. The molecule has 3 rings (SSSR count). The van der Waals surface area contributed by atoms with Gasteiger partial charge in [-0.3, -0.25) is 9.10 Å². The quantitative estimate of drug-likeness (QED) is 0.773. The second-order valence-corrected chi connectivity index (χ2v) is 8.96. The Balaban J connectivity index is 1.83. The van der Waals surface area contributed by atoms with Crippen LogP contribution in [0.5, 0.6) is 0 Å². The van der Waals surface area contributed by atoms with Crippen molar-refractivity contribution in [1.29, 1.82) is 0 Å². The van der Waals surface area contributed by atoms with Gasteiger partial charge in [-0.1, -0.05) is 35.4 Å². The summed E-state index contributed by atoms with van der Waals surface area (Å²) in [5.41, 5.74) is 2.44. The molecule has 6 nitrogen and oxygen atoms in total. The molecule has 0 spiro atoms. The standard InChI is InChI=1S/C21H26N2O4S/c1-16-5-9-18(10-6-16)23(15-21(24)22-14-19-4-3-13-27-19)28(25,26)20-11-7-17(2)8-12-20/h5-12,19H,3-4,13-15H2,1-2H3,(H,22,24). The first-order valence-corrected chi connectivity index (χ1v) is 10.8. The van der Waals surface area contributed by atoms with Gasteiger partial charge in [-0.2, -0.15) is 0 Å². The van der Waals surface area contributed by atoms with E-state index >= 15 is 0 Å². The summed E-state index contributed by atoms with van der Waals surface area (Å²) >= 11 is 0. The summed E-state index contributed by atoms with van der Waals surface area (Å²) in [5.74, 6) is -0.355. The molecular weight excluding hydrogens is 376 g/mol. The van der Waals surface area contributed by atoms with E-state index in [1.165, 1.54) is 0 Å². The van der Waals surface area contributed by atoms with Gasteiger partial charge < -0.3 is 10.1 Å². The molecule has 1 N–H and O–H groups in total. The number of sulfonamides is 1. The van der Waals surface area contributed by atoms with Crippen LogP contribution in [-0.4, -0.2) is 40.1 Å². The van der Waals surface area contributed by atoms with E-state index in [9.17, 15) is 13.2 Å². The van der Waals surface area contributed by atoms with Gasteiger partial charge in [0.05, 0.1) is 16.7 Å². The highest BCUT2D eigenvalue weighted by atomic mass is 32.2. The Labute approximate surface area is 166 Å². The second-order valence-electron chi connectivity index (χ2n) is 7.10. The third kappa shape index (κ3) is 4.91. The number of amides is 1. The molecule has 2 aromatic carbocycles. The molecule has 1 aliphatic heterocycles. The molecule has 1 amide bonds. The Hall–Kier alpha value is -2.38. The van der Waals surface area contributed by atoms with Crippen LogP contribution >= 0.6 is 0 Å². The Kier molecular flexibility index (Phi) is 6.36. The molecule has 2 aromatic rings. The first-order valence-electron chi connectivity index (χ1n) is 9.40. The summed E-state index contributed by atoms with van der Waals surface area (Å²) in [6.07, 6.45) is 1.90. The van der Waals surface area contributed by atoms with Crippen molar-refractivity contribution in [2.45, 2.75) is 37.7 Å². The third-order valence-corrected chi connectivity index (χ3v) is 6.56. The lowest BCUT2D eigenvalue weighted by Gasteiger charge is -2.24. The summed E-state index contributed by atoms with van der Waals surface area (Å²) in [7, 11) is -3.87. The molecule has 1 atom stereocenters. The van der Waals surface area contributed by atoms with Crippen molar-refractivity contribution in [2.75, 3.05) is 24.0 Å². The minimum atomic E-state index is -3.87. The van der Waals surface area contributed by atoms with E-state index in [1.807, 2.05) is 26.0 Å². The monoisotopic (exact) mass is 402 g/mol. The van der Waals surface area contributed by atoms with Crippen molar-refractivity contribution in [3.63, 3.8) is 0 Å². The van der Waals surface area contributed by atoms with Gasteiger partial charge in [-0.15, -0.1) is 0 Å². The number of rotatable bonds is 7. The van der Waals surface area contributed by atoms with Crippen LogP contribution < -0.4 is 9.62 Å². The van der Waals surface area contributed by atoms with Crippen molar-refractivity contribution in [2.24, 2.45) is 0 Å². The van der Waals surface area contributed by atoms with Crippen LogP contribution in [0.25, 0.3) is 0 Å². The van der Waals surface area contributed by atoms with Crippen molar-refractivity contribution < 1.29 is 17.9 Å². The van der Waals surface area contributed by atoms with Gasteiger partial charge in [-0.25, -0.2) is 8.42 Å². The zero-order chi connectivity index (χ0) is 20.1. The molecule has 1 unspecified atom stereocenters. The predicted molar refractivity (Wildman–Crippen MR) is 109 cm³/mol. The van der Waals surface area contributed by atoms with E-state index in [0.29, 0.717) is 18.8 Å². The fourth-order valence-electron chi connectivity index (χ4n) is 3.08. The Morgan fingerprint density at radius 2 is 1.68 bits per heavy atom. The Morgan fingerprint density at radius 1 is 1.07 bits per heavy atom. The summed E-state index contributed by atoms with van der Waals surface area (Å²) < 4.78 is 33.2. The molecule has 7 heteroatoms. The molecule has 1 heterocycles. The molecule has 1 saturated heterocycles. The average molecular weight is 403 g/mol. The number of ether oxygens (including phenoxy) is 1. The van der Waals surface area contributed by atoms with E-state index in [4.69, 9.17) is 4.74 Å². The molecule has 0 saturated carbocycles. The summed E-state index contributed by atoms with van der Waals surface area (Å²) in [6.45, 7) is 4.64. The molecule has 1 aliphatic rings. The molecule has 28 heavy (non-hydrogen) atoms. The van der Waals surface area contributed by atoms with Crippen LogP contribution in [0.2, 0.25) is 0 Å². The lowest BCUT2D eigenvalue weighted by Crippen LogP contribution is -2.42. The van der Waals surface area contributed by atoms with Gasteiger partial charge in [0.25, 0.3) is 10.0 Å². The van der Waals surface area contributed by atoms with E-state index in [1.54, 1.807) is 36.4 Å². The van der Waals surface area contributed by atoms with Crippen LogP contribution in [-0.2, 0) is 19.6 Å². The van der Waals surface area contributed by atoms with Crippen LogP contribution in [0.1, 0.15) is 24.0 Å². The first kappa shape index (κ1) is 20.4. The zero-order valence-corrected chi connectivity index (χ0v) is 17.0. The van der Waals surface area contributed by atoms with Gasteiger partial charge in [-0.05, 0) is 51.0 Å². The highest BCUT2D eigenvalue weighted by molar-refractivity contribution is 7.92. The fraction of sp³-hybridized carbons (Fsp3) is 0.381. The number of nitrogens with one attached hydrogen (secondary N) is 1. The van der Waals surface area contributed by atoms with Crippen LogP contribution in [0.4, 0.5) is 5.69 Å². The Morgan fingerprint density at radius 3 is 2.25 bits per heavy atom. The maximum Gasteiger partial charge on any atom is 0.264 e. The predicted octanol–water partition coefficient (Wildman–Crippen LogP) is 2.79. The van der Waals surface area contributed by atoms with Crippen molar-refractivity contribution in [3.8, 4) is 0 Å². The van der Waals surface area contributed by atoms with Gasteiger partial charge in [0, 0.05) is 13.2 Å². The topological polar surface area (TPSA) is 75.7 Å². The molecule has 1 fully saturated rings. The van der Waals surface area contributed by atoms with E-state index in [0.717, 1.165) is 28.3 Å². The second kappa shape index (κ2) is 8.75. The number of hydrogen-bond donors (Lipinski definition) is 1. The highest BCUT2D eigenvalue weighted by Crippen LogP contribution is 2.24. The van der Waals surface area contributed by atoms with Crippen molar-refractivity contribution in [3.05, 3.63) is 59.7 Å². The van der Waals surface area contributed by atoms with Crippen LogP contribution in [0.3, 0.4) is 0 Å². The first-order chi connectivity index (χ1) is 13.4. The molecular formula is C21H26N2O4S. The molecule has 0 aromatic heterocycles. The molecule has 150 valence electrons. The lowest BCUT2D eigenvalue weighted by molar-refractivity contribution is -0.120. The molecule has 0 radical (unpaired) electrons. The van der Waals surface area contributed by atoms with E-state index < -0.39 is 10.0 Å². The number of aryl methyl sites for hydroxylation is 2.